The molecule has 2 aromatic rings. The summed E-state index contributed by atoms with van der Waals surface area (Å²) in [6.07, 6.45) is 0. The number of aryl methyl sites for hydroxylation is 1. The minimum absolute atomic E-state index is 0.0645. The van der Waals surface area contributed by atoms with Gasteiger partial charge in [0.15, 0.2) is 5.78 Å². The van der Waals surface area contributed by atoms with E-state index in [1.54, 1.807) is 18.2 Å². The van der Waals surface area contributed by atoms with Crippen molar-refractivity contribution in [3.8, 4) is 0 Å². The van der Waals surface area contributed by atoms with Gasteiger partial charge in [-0.2, -0.15) is 0 Å². The number of benzene rings is 2. The van der Waals surface area contributed by atoms with E-state index in [1.807, 2.05) is 32.0 Å². The van der Waals surface area contributed by atoms with E-state index < -0.39 is 0 Å². The minimum atomic E-state index is -0.0645. The van der Waals surface area contributed by atoms with Crippen LogP contribution in [-0.4, -0.2) is 5.78 Å². The van der Waals surface area contributed by atoms with E-state index >= 15 is 0 Å². The van der Waals surface area contributed by atoms with Crippen LogP contribution in [0.5, 0.6) is 0 Å². The van der Waals surface area contributed by atoms with Crippen LogP contribution in [0.2, 0.25) is 5.02 Å². The number of hydrogen-bond donors (Lipinski definition) is 1. The van der Waals surface area contributed by atoms with Gasteiger partial charge in [-0.3, -0.25) is 4.79 Å². The molecule has 18 heavy (non-hydrogen) atoms. The summed E-state index contributed by atoms with van der Waals surface area (Å²) in [5.41, 5.74) is 9.51. The van der Waals surface area contributed by atoms with E-state index in [0.29, 0.717) is 21.8 Å². The molecule has 0 aliphatic rings. The summed E-state index contributed by atoms with van der Waals surface area (Å²) in [6.45, 7) is 3.92. The first-order chi connectivity index (χ1) is 8.50. The van der Waals surface area contributed by atoms with Crippen LogP contribution in [0.1, 0.15) is 27.0 Å². The fourth-order valence-corrected chi connectivity index (χ4v) is 2.06. The number of hydrogen-bond acceptors (Lipinski definition) is 2. The van der Waals surface area contributed by atoms with Gasteiger partial charge in [-0.1, -0.05) is 29.8 Å². The lowest BCUT2D eigenvalue weighted by Gasteiger charge is -2.09. The third-order valence-electron chi connectivity index (χ3n) is 3.11. The molecule has 0 heterocycles. The molecule has 92 valence electrons. The molecule has 2 rings (SSSR count). The van der Waals surface area contributed by atoms with Crippen LogP contribution in [0.3, 0.4) is 0 Å². The first kappa shape index (κ1) is 12.7. The summed E-state index contributed by atoms with van der Waals surface area (Å²) >= 11 is 5.83. The van der Waals surface area contributed by atoms with E-state index in [2.05, 4.69) is 0 Å². The summed E-state index contributed by atoms with van der Waals surface area (Å²) in [5.74, 6) is -0.0645. The van der Waals surface area contributed by atoms with Crippen molar-refractivity contribution in [3.05, 3.63) is 63.7 Å². The Labute approximate surface area is 111 Å². The molecule has 0 aliphatic heterocycles. The first-order valence-corrected chi connectivity index (χ1v) is 6.04. The van der Waals surface area contributed by atoms with Gasteiger partial charge < -0.3 is 5.73 Å². The summed E-state index contributed by atoms with van der Waals surface area (Å²) in [7, 11) is 0. The minimum Gasteiger partial charge on any atom is -0.398 e. The second-order valence-corrected chi connectivity index (χ2v) is 4.74. The summed E-state index contributed by atoms with van der Waals surface area (Å²) in [6, 6.07) is 10.6. The second-order valence-electron chi connectivity index (χ2n) is 4.31. The first-order valence-electron chi connectivity index (χ1n) is 5.66. The molecule has 2 N–H and O–H groups in total. The lowest BCUT2D eigenvalue weighted by molar-refractivity contribution is 0.103. The number of halogens is 1. The molecule has 0 unspecified atom stereocenters. The van der Waals surface area contributed by atoms with Gasteiger partial charge in [0.1, 0.15) is 0 Å². The molecule has 3 heteroatoms. The van der Waals surface area contributed by atoms with E-state index in [0.717, 1.165) is 11.1 Å². The van der Waals surface area contributed by atoms with Gasteiger partial charge in [-0.25, -0.2) is 0 Å². The molecule has 0 aromatic heterocycles. The highest BCUT2D eigenvalue weighted by molar-refractivity contribution is 6.31. The monoisotopic (exact) mass is 259 g/mol. The average Bonchev–Trinajstić information content (AvgIpc) is 2.32. The van der Waals surface area contributed by atoms with E-state index in [4.69, 9.17) is 17.3 Å². The van der Waals surface area contributed by atoms with Crippen molar-refractivity contribution in [2.75, 3.05) is 5.73 Å². The van der Waals surface area contributed by atoms with E-state index in [1.165, 1.54) is 0 Å². The topological polar surface area (TPSA) is 43.1 Å². The smallest absolute Gasteiger partial charge is 0.195 e. The van der Waals surface area contributed by atoms with Crippen molar-refractivity contribution in [1.29, 1.82) is 0 Å². The summed E-state index contributed by atoms with van der Waals surface area (Å²) in [5, 5.41) is 0.532. The van der Waals surface area contributed by atoms with Gasteiger partial charge in [0.2, 0.25) is 0 Å². The van der Waals surface area contributed by atoms with Crippen LogP contribution in [-0.2, 0) is 0 Å². The number of carbonyl (C=O) groups excluding carboxylic acids is 1. The van der Waals surface area contributed by atoms with Gasteiger partial charge in [0.25, 0.3) is 0 Å². The van der Waals surface area contributed by atoms with Crippen molar-refractivity contribution < 1.29 is 4.79 Å². The molecule has 2 nitrogen and oxygen atoms in total. The molecule has 0 spiro atoms. The van der Waals surface area contributed by atoms with Crippen LogP contribution >= 0.6 is 11.6 Å². The zero-order valence-corrected chi connectivity index (χ0v) is 11.1. The van der Waals surface area contributed by atoms with Gasteiger partial charge in [-0.05, 0) is 43.2 Å². The highest BCUT2D eigenvalue weighted by Crippen LogP contribution is 2.23. The predicted octanol–water partition coefficient (Wildman–Crippen LogP) is 3.77. The van der Waals surface area contributed by atoms with Gasteiger partial charge in [0, 0.05) is 21.8 Å². The molecule has 0 bridgehead atoms. The number of nitrogens with two attached hydrogens (primary N) is 1. The third kappa shape index (κ3) is 2.24. The van der Waals surface area contributed by atoms with Crippen molar-refractivity contribution in [3.63, 3.8) is 0 Å². The summed E-state index contributed by atoms with van der Waals surface area (Å²) < 4.78 is 0. The number of anilines is 1. The van der Waals surface area contributed by atoms with Crippen LogP contribution in [0.25, 0.3) is 0 Å². The van der Waals surface area contributed by atoms with Crippen molar-refractivity contribution >= 4 is 23.1 Å². The van der Waals surface area contributed by atoms with Crippen LogP contribution in [0, 0.1) is 13.8 Å². The van der Waals surface area contributed by atoms with Crippen molar-refractivity contribution in [2.45, 2.75) is 13.8 Å². The molecule has 0 radical (unpaired) electrons. The second kappa shape index (κ2) is 4.83. The molecule has 0 fully saturated rings. The molecular weight excluding hydrogens is 246 g/mol. The Bertz CT molecular complexity index is 620. The Morgan fingerprint density at radius 3 is 2.50 bits per heavy atom. The maximum Gasteiger partial charge on any atom is 0.195 e. The summed E-state index contributed by atoms with van der Waals surface area (Å²) in [4.78, 5) is 12.4. The van der Waals surface area contributed by atoms with E-state index in [-0.39, 0.29) is 5.78 Å². The maximum atomic E-state index is 12.4. The Kier molecular flexibility index (Phi) is 3.39. The highest BCUT2D eigenvalue weighted by atomic mass is 35.5. The van der Waals surface area contributed by atoms with Crippen LogP contribution in [0.4, 0.5) is 5.69 Å². The van der Waals surface area contributed by atoms with Crippen molar-refractivity contribution in [1.82, 2.24) is 0 Å². The molecular formula is C15H14ClNO. The molecule has 0 saturated heterocycles. The highest BCUT2D eigenvalue weighted by Gasteiger charge is 2.15. The maximum absolute atomic E-state index is 12.4. The van der Waals surface area contributed by atoms with Crippen LogP contribution in [0.15, 0.2) is 36.4 Å². The Balaban J connectivity index is 2.51. The third-order valence-corrected chi connectivity index (χ3v) is 3.34. The Hall–Kier alpha value is -1.80. The van der Waals surface area contributed by atoms with Gasteiger partial charge in [0.05, 0.1) is 0 Å². The van der Waals surface area contributed by atoms with Crippen molar-refractivity contribution in [2.24, 2.45) is 0 Å². The standard InChI is InChI=1S/C15H14ClNO/c1-9-4-3-5-12(10(9)2)15(18)13-7-6-11(16)8-14(13)17/h3-8H,17H2,1-2H3. The fraction of sp³-hybridized carbons (Fsp3) is 0.133. The number of nitrogen functional groups attached to an aromatic ring is 1. The number of rotatable bonds is 2. The average molecular weight is 260 g/mol. The Morgan fingerprint density at radius 2 is 1.83 bits per heavy atom. The van der Waals surface area contributed by atoms with Gasteiger partial charge >= 0.3 is 0 Å². The number of carbonyl (C=O) groups is 1. The van der Waals surface area contributed by atoms with Crippen LogP contribution < -0.4 is 5.73 Å². The molecule has 0 amide bonds. The zero-order valence-electron chi connectivity index (χ0n) is 10.3. The SMILES string of the molecule is Cc1cccc(C(=O)c2ccc(Cl)cc2N)c1C. The van der Waals surface area contributed by atoms with E-state index in [9.17, 15) is 4.79 Å². The normalized spacial score (nSPS) is 10.4. The fourth-order valence-electron chi connectivity index (χ4n) is 1.88. The molecule has 2 aromatic carbocycles. The lowest BCUT2D eigenvalue weighted by Crippen LogP contribution is -2.07. The quantitative estimate of drug-likeness (QED) is 0.659. The largest absolute Gasteiger partial charge is 0.398 e. The Morgan fingerprint density at radius 1 is 1.11 bits per heavy atom. The number of ketones is 1. The molecule has 0 aliphatic carbocycles. The lowest BCUT2D eigenvalue weighted by atomic mass is 9.95. The molecule has 0 saturated carbocycles. The molecule has 0 atom stereocenters. The zero-order chi connectivity index (χ0) is 13.3. The van der Waals surface area contributed by atoms with Gasteiger partial charge in [-0.15, -0.1) is 0 Å². The predicted molar refractivity (Wildman–Crippen MR) is 75.2 cm³/mol.